The highest BCUT2D eigenvalue weighted by Crippen LogP contribution is 2.38. The molecule has 0 aromatic heterocycles. The Morgan fingerprint density at radius 2 is 1.47 bits per heavy atom. The highest BCUT2D eigenvalue weighted by atomic mass is 28.4. The van der Waals surface area contributed by atoms with E-state index in [2.05, 4.69) is 56.9 Å². The molecule has 0 radical (unpaired) electrons. The molecular formula is C26H37NO4Si. The molecule has 1 amide bonds. The van der Waals surface area contributed by atoms with Crippen molar-refractivity contribution in [2.24, 2.45) is 0 Å². The van der Waals surface area contributed by atoms with Gasteiger partial charge >= 0.3 is 6.09 Å². The number of carbonyl (C=O) groups is 1. The van der Waals surface area contributed by atoms with Gasteiger partial charge in [-0.2, -0.15) is 0 Å². The third kappa shape index (κ3) is 6.09. The monoisotopic (exact) mass is 455 g/mol. The minimum absolute atomic E-state index is 0.247. The molecule has 0 unspecified atom stereocenters. The van der Waals surface area contributed by atoms with Crippen LogP contribution in [0.1, 0.15) is 41.5 Å². The predicted octanol–water partition coefficient (Wildman–Crippen LogP) is 4.00. The Labute approximate surface area is 193 Å². The summed E-state index contributed by atoms with van der Waals surface area (Å²) in [5, 5.41) is 14.9. The smallest absolute Gasteiger partial charge is 0.408 e. The van der Waals surface area contributed by atoms with Crippen LogP contribution >= 0.6 is 0 Å². The second kappa shape index (κ2) is 10.5. The molecule has 0 saturated carbocycles. The summed E-state index contributed by atoms with van der Waals surface area (Å²) in [5.74, 6) is 0. The lowest BCUT2D eigenvalue weighted by atomic mass is 10.2. The summed E-state index contributed by atoms with van der Waals surface area (Å²) in [4.78, 5) is 12.4. The van der Waals surface area contributed by atoms with Crippen LogP contribution in [-0.2, 0) is 9.16 Å². The molecule has 32 heavy (non-hydrogen) atoms. The van der Waals surface area contributed by atoms with Gasteiger partial charge in [0.2, 0.25) is 0 Å². The molecule has 2 N–H and O–H groups in total. The van der Waals surface area contributed by atoms with Crippen molar-refractivity contribution in [3.05, 3.63) is 73.3 Å². The summed E-state index contributed by atoms with van der Waals surface area (Å²) in [5.41, 5.74) is -0.646. The Morgan fingerprint density at radius 1 is 1.00 bits per heavy atom. The van der Waals surface area contributed by atoms with Gasteiger partial charge in [0.15, 0.2) is 0 Å². The lowest BCUT2D eigenvalue weighted by molar-refractivity contribution is 0.0418. The molecule has 2 aromatic rings. The fourth-order valence-corrected chi connectivity index (χ4v) is 8.56. The molecule has 0 fully saturated rings. The number of ether oxygens (including phenoxy) is 1. The summed E-state index contributed by atoms with van der Waals surface area (Å²) < 4.78 is 12.4. The lowest BCUT2D eigenvalue weighted by Gasteiger charge is -2.45. The number of rotatable bonds is 8. The van der Waals surface area contributed by atoms with E-state index in [-0.39, 0.29) is 11.6 Å². The Kier molecular flexibility index (Phi) is 8.45. The van der Waals surface area contributed by atoms with Crippen molar-refractivity contribution in [2.45, 2.75) is 64.3 Å². The number of hydrogen-bond acceptors (Lipinski definition) is 4. The van der Waals surface area contributed by atoms with Gasteiger partial charge in [0.1, 0.15) is 5.60 Å². The van der Waals surface area contributed by atoms with Crippen molar-refractivity contribution in [2.75, 3.05) is 6.61 Å². The van der Waals surface area contributed by atoms with Gasteiger partial charge in [-0.1, -0.05) is 87.5 Å². The first-order valence-corrected chi connectivity index (χ1v) is 12.9. The molecule has 0 saturated heterocycles. The van der Waals surface area contributed by atoms with Crippen LogP contribution in [0.3, 0.4) is 0 Å². The SMILES string of the molecule is C=C[C@@H](O[Si](c1ccccc1)(c1ccccc1)C(C)(C)C)[C@H](CO)NC(=O)OC(C)(C)C. The Hall–Kier alpha value is -2.41. The summed E-state index contributed by atoms with van der Waals surface area (Å²) in [6.07, 6.45) is 0.422. The highest BCUT2D eigenvalue weighted by molar-refractivity contribution is 6.99. The van der Waals surface area contributed by atoms with E-state index in [1.54, 1.807) is 26.8 Å². The van der Waals surface area contributed by atoms with E-state index in [4.69, 9.17) is 9.16 Å². The molecule has 2 aromatic carbocycles. The number of alkyl carbamates (subject to hydrolysis) is 1. The van der Waals surface area contributed by atoms with Crippen LogP contribution in [0.5, 0.6) is 0 Å². The first kappa shape index (κ1) is 25.8. The molecule has 6 heteroatoms. The van der Waals surface area contributed by atoms with Gasteiger partial charge in [0.05, 0.1) is 18.8 Å². The topological polar surface area (TPSA) is 67.8 Å². The van der Waals surface area contributed by atoms with Crippen molar-refractivity contribution >= 4 is 24.8 Å². The van der Waals surface area contributed by atoms with Gasteiger partial charge < -0.3 is 19.6 Å². The van der Waals surface area contributed by atoms with Crippen LogP contribution in [0.15, 0.2) is 73.3 Å². The zero-order chi connectivity index (χ0) is 24.0. The first-order chi connectivity index (χ1) is 14.9. The summed E-state index contributed by atoms with van der Waals surface area (Å²) in [7, 11) is -2.88. The third-order valence-electron chi connectivity index (χ3n) is 5.26. The summed E-state index contributed by atoms with van der Waals surface area (Å²) in [6, 6.07) is 19.7. The molecule has 0 aliphatic carbocycles. The zero-order valence-corrected chi connectivity index (χ0v) is 21.1. The van der Waals surface area contributed by atoms with E-state index in [1.165, 1.54) is 0 Å². The van der Waals surface area contributed by atoms with Crippen molar-refractivity contribution in [1.82, 2.24) is 5.32 Å². The Morgan fingerprint density at radius 3 is 1.81 bits per heavy atom. The summed E-state index contributed by atoms with van der Waals surface area (Å²) >= 11 is 0. The van der Waals surface area contributed by atoms with Crippen molar-refractivity contribution < 1.29 is 19.1 Å². The quantitative estimate of drug-likeness (QED) is 0.466. The van der Waals surface area contributed by atoms with Gasteiger partial charge in [-0.25, -0.2) is 4.79 Å². The van der Waals surface area contributed by atoms with Crippen molar-refractivity contribution in [1.29, 1.82) is 0 Å². The minimum Gasteiger partial charge on any atom is -0.444 e. The molecule has 5 nitrogen and oxygen atoms in total. The summed E-state index contributed by atoms with van der Waals surface area (Å²) in [6.45, 7) is 15.6. The van der Waals surface area contributed by atoms with E-state index >= 15 is 0 Å². The maximum atomic E-state index is 12.4. The zero-order valence-electron chi connectivity index (χ0n) is 20.1. The van der Waals surface area contributed by atoms with Crippen LogP contribution < -0.4 is 15.7 Å². The second-order valence-electron chi connectivity index (χ2n) is 9.92. The van der Waals surface area contributed by atoms with Gasteiger partial charge in [-0.3, -0.25) is 0 Å². The van der Waals surface area contributed by atoms with Crippen LogP contribution in [0.2, 0.25) is 5.04 Å². The van der Waals surface area contributed by atoms with Crippen LogP contribution in [-0.4, -0.2) is 43.9 Å². The van der Waals surface area contributed by atoms with Gasteiger partial charge in [0.25, 0.3) is 8.32 Å². The molecule has 0 bridgehead atoms. The van der Waals surface area contributed by atoms with Crippen LogP contribution in [0.4, 0.5) is 4.79 Å². The number of amides is 1. The molecular weight excluding hydrogens is 418 g/mol. The molecule has 0 heterocycles. The van der Waals surface area contributed by atoms with E-state index in [0.29, 0.717) is 0 Å². The standard InChI is InChI=1S/C26H37NO4Si/c1-8-23(22(19-28)27-24(29)30-25(2,3)4)31-32(26(5,6)7,20-15-11-9-12-16-20)21-17-13-10-14-18-21/h8-18,22-23,28H,1,19H2,2-7H3,(H,27,29)/t22-,23+/m0/s1. The third-order valence-corrected chi connectivity index (χ3v) is 10.3. The second-order valence-corrected chi connectivity index (χ2v) is 14.2. The number of aliphatic hydroxyl groups excluding tert-OH is 1. The van der Waals surface area contributed by atoms with Crippen molar-refractivity contribution in [3.63, 3.8) is 0 Å². The van der Waals surface area contributed by atoms with Crippen LogP contribution in [0.25, 0.3) is 0 Å². The largest absolute Gasteiger partial charge is 0.444 e. The average Bonchev–Trinajstić information content (AvgIpc) is 2.72. The fraction of sp³-hybridized carbons (Fsp3) is 0.423. The predicted molar refractivity (Wildman–Crippen MR) is 133 cm³/mol. The van der Waals surface area contributed by atoms with Gasteiger partial charge in [0, 0.05) is 0 Å². The molecule has 174 valence electrons. The first-order valence-electron chi connectivity index (χ1n) is 11.0. The van der Waals surface area contributed by atoms with Crippen molar-refractivity contribution in [3.8, 4) is 0 Å². The van der Waals surface area contributed by atoms with E-state index in [0.717, 1.165) is 10.4 Å². The van der Waals surface area contributed by atoms with E-state index in [9.17, 15) is 9.90 Å². The normalized spacial score (nSPS) is 14.3. The molecule has 2 atom stereocenters. The van der Waals surface area contributed by atoms with E-state index < -0.39 is 32.2 Å². The van der Waals surface area contributed by atoms with E-state index in [1.807, 2.05) is 36.4 Å². The maximum absolute atomic E-state index is 12.4. The number of carbonyl (C=O) groups excluding carboxylic acids is 1. The molecule has 0 aliphatic heterocycles. The average molecular weight is 456 g/mol. The highest BCUT2D eigenvalue weighted by Gasteiger charge is 2.52. The molecule has 2 rings (SSSR count). The lowest BCUT2D eigenvalue weighted by Crippen LogP contribution is -2.69. The minimum atomic E-state index is -2.88. The fourth-order valence-electron chi connectivity index (χ4n) is 3.88. The molecule has 0 aliphatic rings. The van der Waals surface area contributed by atoms with Gasteiger partial charge in [-0.05, 0) is 36.2 Å². The Balaban J connectivity index is 2.54. The molecule has 0 spiro atoms. The number of nitrogens with one attached hydrogen (secondary N) is 1. The number of benzene rings is 2. The Bertz CT molecular complexity index is 833. The van der Waals surface area contributed by atoms with Gasteiger partial charge in [-0.15, -0.1) is 6.58 Å². The maximum Gasteiger partial charge on any atom is 0.408 e. The number of aliphatic hydroxyl groups is 1. The van der Waals surface area contributed by atoms with Crippen LogP contribution in [0, 0.1) is 0 Å². The number of hydrogen-bond donors (Lipinski definition) is 2.